The molecule has 1 aliphatic heterocycles. The minimum absolute atomic E-state index is 1.12. The first-order chi connectivity index (χ1) is 4.40. The maximum absolute atomic E-state index is 2.61. The van der Waals surface area contributed by atoms with E-state index in [1.807, 2.05) is 0 Å². The average Bonchev–Trinajstić information content (AvgIpc) is 2.42. The summed E-state index contributed by atoms with van der Waals surface area (Å²) < 4.78 is 0. The summed E-state index contributed by atoms with van der Waals surface area (Å²) in [7, 11) is 0. The third-order valence-electron chi connectivity index (χ3n) is 2.59. The Balaban J connectivity index is 1.77. The molecule has 1 saturated heterocycles. The van der Waals surface area contributed by atoms with Crippen molar-refractivity contribution >= 4 is 0 Å². The van der Waals surface area contributed by atoms with Crippen LogP contribution in [0.2, 0.25) is 0 Å². The fourth-order valence-corrected chi connectivity index (χ4v) is 1.99. The van der Waals surface area contributed by atoms with Gasteiger partial charge in [-0.1, -0.05) is 6.92 Å². The zero-order chi connectivity index (χ0) is 6.27. The quantitative estimate of drug-likeness (QED) is 0.538. The molecule has 0 amide bonds. The van der Waals surface area contributed by atoms with E-state index < -0.39 is 0 Å². The predicted molar refractivity (Wildman–Crippen MR) is 38.3 cm³/mol. The van der Waals surface area contributed by atoms with Crippen molar-refractivity contribution in [1.82, 2.24) is 4.90 Å². The molecule has 2 rings (SSSR count). The molecule has 1 nitrogen and oxygen atoms in total. The number of likely N-dealkylation sites (tertiary alicyclic amines) is 1. The van der Waals surface area contributed by atoms with Crippen molar-refractivity contribution in [3.63, 3.8) is 0 Å². The molecule has 0 aromatic carbocycles. The number of fused-ring (bicyclic) bond motifs is 1. The van der Waals surface area contributed by atoms with Gasteiger partial charge in [0, 0.05) is 13.1 Å². The van der Waals surface area contributed by atoms with Crippen molar-refractivity contribution in [3.05, 3.63) is 0 Å². The molecule has 0 radical (unpaired) electrons. The van der Waals surface area contributed by atoms with E-state index in [4.69, 9.17) is 0 Å². The summed E-state index contributed by atoms with van der Waals surface area (Å²) in [4.78, 5) is 2.61. The van der Waals surface area contributed by atoms with Gasteiger partial charge in [0.25, 0.3) is 0 Å². The maximum atomic E-state index is 2.61. The summed E-state index contributed by atoms with van der Waals surface area (Å²) in [5.41, 5.74) is 0. The van der Waals surface area contributed by atoms with Crippen molar-refractivity contribution in [1.29, 1.82) is 0 Å². The van der Waals surface area contributed by atoms with Crippen molar-refractivity contribution < 1.29 is 0 Å². The lowest BCUT2D eigenvalue weighted by atomic mass is 10.4. The molecule has 2 atom stereocenters. The van der Waals surface area contributed by atoms with Crippen LogP contribution in [0.4, 0.5) is 0 Å². The van der Waals surface area contributed by atoms with Crippen LogP contribution in [-0.4, -0.2) is 24.5 Å². The van der Waals surface area contributed by atoms with E-state index in [0.717, 1.165) is 11.8 Å². The second-order valence-electron chi connectivity index (χ2n) is 3.52. The molecule has 2 aliphatic rings. The zero-order valence-electron chi connectivity index (χ0n) is 6.14. The minimum atomic E-state index is 1.12. The summed E-state index contributed by atoms with van der Waals surface area (Å²) in [5.74, 6) is 2.24. The summed E-state index contributed by atoms with van der Waals surface area (Å²) in [6, 6.07) is 0. The van der Waals surface area contributed by atoms with Crippen LogP contribution in [0.5, 0.6) is 0 Å². The van der Waals surface area contributed by atoms with Crippen molar-refractivity contribution in [2.24, 2.45) is 11.8 Å². The van der Waals surface area contributed by atoms with Crippen LogP contribution < -0.4 is 0 Å². The Morgan fingerprint density at radius 2 is 2.00 bits per heavy atom. The highest BCUT2D eigenvalue weighted by Gasteiger charge is 2.44. The number of rotatable bonds is 2. The molecule has 0 bridgehead atoms. The van der Waals surface area contributed by atoms with Gasteiger partial charge in [0.05, 0.1) is 0 Å². The Bertz CT molecular complexity index is 101. The van der Waals surface area contributed by atoms with E-state index in [1.165, 1.54) is 26.1 Å². The van der Waals surface area contributed by atoms with E-state index in [9.17, 15) is 0 Å². The van der Waals surface area contributed by atoms with Crippen LogP contribution in [0, 0.1) is 11.8 Å². The summed E-state index contributed by atoms with van der Waals surface area (Å²) in [6.45, 7) is 6.44. The third-order valence-corrected chi connectivity index (χ3v) is 2.59. The lowest BCUT2D eigenvalue weighted by Crippen LogP contribution is -2.23. The Kier molecular flexibility index (Phi) is 1.26. The van der Waals surface area contributed by atoms with Gasteiger partial charge >= 0.3 is 0 Å². The van der Waals surface area contributed by atoms with Gasteiger partial charge in [0.15, 0.2) is 0 Å². The molecule has 0 spiro atoms. The van der Waals surface area contributed by atoms with Gasteiger partial charge in [0.1, 0.15) is 0 Å². The van der Waals surface area contributed by atoms with Gasteiger partial charge in [0.2, 0.25) is 0 Å². The van der Waals surface area contributed by atoms with Crippen LogP contribution in [-0.2, 0) is 0 Å². The number of hydrogen-bond donors (Lipinski definition) is 0. The largest absolute Gasteiger partial charge is 0.303 e. The molecule has 1 heterocycles. The number of nitrogens with zero attached hydrogens (tertiary/aromatic N) is 1. The molecule has 1 heteroatoms. The molecule has 0 aromatic rings. The van der Waals surface area contributed by atoms with Crippen molar-refractivity contribution in [2.45, 2.75) is 19.8 Å². The van der Waals surface area contributed by atoms with Crippen molar-refractivity contribution in [2.75, 3.05) is 19.6 Å². The molecule has 2 fully saturated rings. The molecule has 1 aliphatic carbocycles. The molecule has 1 saturated carbocycles. The van der Waals surface area contributed by atoms with Crippen LogP contribution in [0.1, 0.15) is 19.8 Å². The molecule has 2 unspecified atom stereocenters. The van der Waals surface area contributed by atoms with E-state index in [-0.39, 0.29) is 0 Å². The monoisotopic (exact) mass is 125 g/mol. The van der Waals surface area contributed by atoms with Gasteiger partial charge in [-0.3, -0.25) is 0 Å². The summed E-state index contributed by atoms with van der Waals surface area (Å²) >= 11 is 0. The van der Waals surface area contributed by atoms with Gasteiger partial charge < -0.3 is 4.90 Å². The Hall–Kier alpha value is -0.0400. The van der Waals surface area contributed by atoms with Crippen LogP contribution in [0.15, 0.2) is 0 Å². The highest BCUT2D eigenvalue weighted by Crippen LogP contribution is 2.44. The van der Waals surface area contributed by atoms with E-state index in [0.29, 0.717) is 0 Å². The first-order valence-corrected chi connectivity index (χ1v) is 4.12. The fraction of sp³-hybridized carbons (Fsp3) is 1.00. The maximum Gasteiger partial charge on any atom is 0.00130 e. The highest BCUT2D eigenvalue weighted by molar-refractivity contribution is 4.96. The van der Waals surface area contributed by atoms with Crippen molar-refractivity contribution in [3.8, 4) is 0 Å². The molecule has 9 heavy (non-hydrogen) atoms. The number of hydrogen-bond acceptors (Lipinski definition) is 1. The predicted octanol–water partition coefficient (Wildman–Crippen LogP) is 1.35. The second-order valence-corrected chi connectivity index (χ2v) is 3.52. The summed E-state index contributed by atoms with van der Waals surface area (Å²) in [5, 5.41) is 0. The van der Waals surface area contributed by atoms with Gasteiger partial charge in [-0.25, -0.2) is 0 Å². The first-order valence-electron chi connectivity index (χ1n) is 4.12. The Morgan fingerprint density at radius 1 is 1.33 bits per heavy atom. The van der Waals surface area contributed by atoms with E-state index >= 15 is 0 Å². The minimum Gasteiger partial charge on any atom is -0.303 e. The lowest BCUT2D eigenvalue weighted by Gasteiger charge is -2.14. The summed E-state index contributed by atoms with van der Waals surface area (Å²) in [6.07, 6.45) is 2.87. The van der Waals surface area contributed by atoms with Gasteiger partial charge in [-0.2, -0.15) is 0 Å². The first kappa shape index (κ1) is 5.72. The van der Waals surface area contributed by atoms with Gasteiger partial charge in [-0.05, 0) is 31.2 Å². The second kappa shape index (κ2) is 1.98. The Labute approximate surface area is 57.0 Å². The molecule has 0 aromatic heterocycles. The van der Waals surface area contributed by atoms with E-state index in [2.05, 4.69) is 11.8 Å². The fourth-order valence-electron chi connectivity index (χ4n) is 1.99. The van der Waals surface area contributed by atoms with Crippen LogP contribution in [0.3, 0.4) is 0 Å². The molecular weight excluding hydrogens is 110 g/mol. The SMILES string of the molecule is CCCN1CC2CC2C1. The molecular formula is C8H15N. The van der Waals surface area contributed by atoms with Gasteiger partial charge in [-0.15, -0.1) is 0 Å². The molecule has 0 N–H and O–H groups in total. The van der Waals surface area contributed by atoms with Crippen LogP contribution in [0.25, 0.3) is 0 Å². The average molecular weight is 125 g/mol. The standard InChI is InChI=1S/C8H15N/c1-2-3-9-5-7-4-8(7)6-9/h7-8H,2-6H2,1H3. The lowest BCUT2D eigenvalue weighted by molar-refractivity contribution is 0.306. The smallest absolute Gasteiger partial charge is 0.00130 e. The topological polar surface area (TPSA) is 3.24 Å². The van der Waals surface area contributed by atoms with E-state index in [1.54, 1.807) is 6.42 Å². The normalized spacial score (nSPS) is 41.0. The number of piperidine rings is 1. The molecule has 52 valence electrons. The zero-order valence-corrected chi connectivity index (χ0v) is 6.14. The third kappa shape index (κ3) is 0.983. The highest BCUT2D eigenvalue weighted by atomic mass is 15.2. The van der Waals surface area contributed by atoms with Crippen LogP contribution >= 0.6 is 0 Å². The Morgan fingerprint density at radius 3 is 2.56 bits per heavy atom.